The highest BCUT2D eigenvalue weighted by Gasteiger charge is 2.29. The van der Waals surface area contributed by atoms with Crippen molar-refractivity contribution >= 4 is 28.8 Å². The van der Waals surface area contributed by atoms with Crippen molar-refractivity contribution in [1.82, 2.24) is 0 Å². The summed E-state index contributed by atoms with van der Waals surface area (Å²) in [5.41, 5.74) is 6.33. The fourth-order valence-corrected chi connectivity index (χ4v) is 3.14. The minimum Gasteiger partial charge on any atom is -0.487 e. The van der Waals surface area contributed by atoms with Gasteiger partial charge in [0.1, 0.15) is 11.9 Å². The first kappa shape index (κ1) is 13.6. The highest BCUT2D eigenvalue weighted by Crippen LogP contribution is 2.34. The molecule has 2 aromatic rings. The van der Waals surface area contributed by atoms with Crippen molar-refractivity contribution in [2.45, 2.75) is 13.0 Å². The number of hydrogen-bond donors (Lipinski definition) is 1. The van der Waals surface area contributed by atoms with E-state index in [2.05, 4.69) is 0 Å². The van der Waals surface area contributed by atoms with Crippen molar-refractivity contribution < 1.29 is 14.3 Å². The van der Waals surface area contributed by atoms with Crippen LogP contribution in [0.3, 0.4) is 0 Å². The number of hydrogen-bond acceptors (Lipinski definition) is 4. The number of nitrogens with two attached hydrogens (primary N) is 1. The van der Waals surface area contributed by atoms with Gasteiger partial charge in [-0.15, -0.1) is 11.3 Å². The molecule has 0 saturated carbocycles. The predicted octanol–water partition coefficient (Wildman–Crippen LogP) is 2.27. The molecule has 2 amide bonds. The number of fused-ring (bicyclic) bond motifs is 1. The molecule has 0 radical (unpaired) electrons. The Bertz CT molecular complexity index is 710. The Hall–Kier alpha value is -2.34. The van der Waals surface area contributed by atoms with E-state index in [1.54, 1.807) is 10.3 Å². The zero-order chi connectivity index (χ0) is 15.0. The molecule has 2 heterocycles. The lowest BCUT2D eigenvalue weighted by Crippen LogP contribution is -2.42. The third kappa shape index (κ3) is 2.50. The smallest absolute Gasteiger partial charge is 0.268 e. The first-order valence-electron chi connectivity index (χ1n) is 6.52. The summed E-state index contributed by atoms with van der Waals surface area (Å²) < 4.78 is 5.73. The highest BCUT2D eigenvalue weighted by atomic mass is 32.1. The van der Waals surface area contributed by atoms with Crippen LogP contribution in [0.25, 0.3) is 0 Å². The number of thiophene rings is 1. The Labute approximate surface area is 125 Å². The van der Waals surface area contributed by atoms with Crippen LogP contribution in [0.15, 0.2) is 35.7 Å². The average molecular weight is 302 g/mol. The van der Waals surface area contributed by atoms with Gasteiger partial charge in [0.05, 0.1) is 22.7 Å². The molecule has 1 aliphatic rings. The number of rotatable bonds is 2. The van der Waals surface area contributed by atoms with Crippen LogP contribution < -0.4 is 15.4 Å². The Morgan fingerprint density at radius 3 is 2.86 bits per heavy atom. The second kappa shape index (κ2) is 5.21. The molecule has 6 heteroatoms. The van der Waals surface area contributed by atoms with Crippen LogP contribution in [0.1, 0.15) is 27.0 Å². The number of ether oxygens (including phenoxy) is 1. The number of anilines is 1. The third-order valence-electron chi connectivity index (χ3n) is 3.26. The van der Waals surface area contributed by atoms with Gasteiger partial charge in [-0.05, 0) is 25.1 Å². The van der Waals surface area contributed by atoms with Gasteiger partial charge in [0.2, 0.25) is 5.91 Å². The Balaban J connectivity index is 1.95. The molecule has 1 aliphatic heterocycles. The van der Waals surface area contributed by atoms with Gasteiger partial charge in [-0.1, -0.05) is 12.1 Å². The number of nitrogens with zero attached hydrogens (tertiary/aromatic N) is 1. The third-order valence-corrected chi connectivity index (χ3v) is 4.18. The van der Waals surface area contributed by atoms with Gasteiger partial charge in [-0.2, -0.15) is 0 Å². The topological polar surface area (TPSA) is 72.6 Å². The molecule has 0 unspecified atom stereocenters. The van der Waals surface area contributed by atoms with E-state index in [1.807, 2.05) is 31.2 Å². The van der Waals surface area contributed by atoms with Crippen molar-refractivity contribution in [3.8, 4) is 5.75 Å². The van der Waals surface area contributed by atoms with Crippen LogP contribution in [0.2, 0.25) is 0 Å². The summed E-state index contributed by atoms with van der Waals surface area (Å²) in [6.45, 7) is 2.39. The number of carbonyl (C=O) groups is 2. The largest absolute Gasteiger partial charge is 0.487 e. The van der Waals surface area contributed by atoms with Crippen molar-refractivity contribution in [3.63, 3.8) is 0 Å². The normalized spacial score (nSPS) is 17.0. The first-order chi connectivity index (χ1) is 10.1. The summed E-state index contributed by atoms with van der Waals surface area (Å²) in [5, 5.41) is 1.60. The van der Waals surface area contributed by atoms with Crippen molar-refractivity contribution in [2.24, 2.45) is 5.73 Å². The van der Waals surface area contributed by atoms with Gasteiger partial charge < -0.3 is 15.4 Å². The molecule has 3 rings (SSSR count). The monoisotopic (exact) mass is 302 g/mol. The molecular weight excluding hydrogens is 288 g/mol. The molecule has 2 N–H and O–H groups in total. The number of amides is 2. The summed E-state index contributed by atoms with van der Waals surface area (Å²) in [5.74, 6) is 0.0208. The SMILES string of the molecule is C[C@@H]1CN(C(=O)c2cc(C(N)=O)cs2)c2ccccc2O1. The van der Waals surface area contributed by atoms with E-state index < -0.39 is 5.91 Å². The maximum absolute atomic E-state index is 12.7. The Kier molecular flexibility index (Phi) is 3.39. The van der Waals surface area contributed by atoms with Crippen molar-refractivity contribution in [2.75, 3.05) is 11.4 Å². The fourth-order valence-electron chi connectivity index (χ4n) is 2.29. The highest BCUT2D eigenvalue weighted by molar-refractivity contribution is 7.12. The van der Waals surface area contributed by atoms with E-state index in [-0.39, 0.29) is 12.0 Å². The van der Waals surface area contributed by atoms with Gasteiger partial charge in [0, 0.05) is 5.38 Å². The molecule has 21 heavy (non-hydrogen) atoms. The molecule has 5 nitrogen and oxygen atoms in total. The lowest BCUT2D eigenvalue weighted by Gasteiger charge is -2.33. The first-order valence-corrected chi connectivity index (χ1v) is 7.40. The van der Waals surface area contributed by atoms with Crippen molar-refractivity contribution in [1.29, 1.82) is 0 Å². The summed E-state index contributed by atoms with van der Waals surface area (Å²) in [6.07, 6.45) is -0.0839. The second-order valence-corrected chi connectivity index (χ2v) is 5.79. The molecule has 0 bridgehead atoms. The number of benzene rings is 1. The maximum atomic E-state index is 12.7. The number of primary amides is 1. The molecule has 0 saturated heterocycles. The van der Waals surface area contributed by atoms with Crippen molar-refractivity contribution in [3.05, 3.63) is 46.2 Å². The van der Waals surface area contributed by atoms with Gasteiger partial charge in [0.15, 0.2) is 0 Å². The summed E-state index contributed by atoms with van der Waals surface area (Å²) in [6, 6.07) is 8.96. The standard InChI is InChI=1S/C15H14N2O3S/c1-9-7-17(11-4-2-3-5-12(11)20-9)15(19)13-6-10(8-21-13)14(16)18/h2-6,8-9H,7H2,1H3,(H2,16,18)/t9-/m1/s1. The minimum absolute atomic E-state index is 0.0839. The lowest BCUT2D eigenvalue weighted by molar-refractivity contribution is 0.0965. The average Bonchev–Trinajstić information content (AvgIpc) is 2.95. The van der Waals surface area contributed by atoms with Crippen LogP contribution in [0.5, 0.6) is 5.75 Å². The number of carbonyl (C=O) groups excluding carboxylic acids is 2. The second-order valence-electron chi connectivity index (χ2n) is 4.88. The van der Waals surface area contributed by atoms with Gasteiger partial charge >= 0.3 is 0 Å². The molecule has 1 aromatic heterocycles. The maximum Gasteiger partial charge on any atom is 0.268 e. The number of para-hydroxylation sites is 2. The van der Waals surface area contributed by atoms with E-state index in [1.165, 1.54) is 17.4 Å². The summed E-state index contributed by atoms with van der Waals surface area (Å²) in [4.78, 5) is 26.0. The molecule has 108 valence electrons. The quantitative estimate of drug-likeness (QED) is 0.925. The van der Waals surface area contributed by atoms with E-state index in [0.717, 1.165) is 5.69 Å². The minimum atomic E-state index is -0.527. The molecule has 1 aromatic carbocycles. The van der Waals surface area contributed by atoms with Crippen LogP contribution >= 0.6 is 11.3 Å². The fraction of sp³-hybridized carbons (Fsp3) is 0.200. The molecule has 0 aliphatic carbocycles. The molecular formula is C15H14N2O3S. The molecule has 0 spiro atoms. The van der Waals surface area contributed by atoms with Crippen LogP contribution in [0, 0.1) is 0 Å². The van der Waals surface area contributed by atoms with E-state index in [4.69, 9.17) is 10.5 Å². The Morgan fingerprint density at radius 2 is 2.14 bits per heavy atom. The zero-order valence-corrected chi connectivity index (χ0v) is 12.2. The summed E-state index contributed by atoms with van der Waals surface area (Å²) >= 11 is 1.22. The van der Waals surface area contributed by atoms with Gasteiger partial charge in [0.25, 0.3) is 5.91 Å². The van der Waals surface area contributed by atoms with Gasteiger partial charge in [-0.3, -0.25) is 9.59 Å². The lowest BCUT2D eigenvalue weighted by atomic mass is 10.2. The summed E-state index contributed by atoms with van der Waals surface area (Å²) in [7, 11) is 0. The van der Waals surface area contributed by atoms with E-state index in [9.17, 15) is 9.59 Å². The molecule has 1 atom stereocenters. The van der Waals surface area contributed by atoms with Gasteiger partial charge in [-0.25, -0.2) is 0 Å². The zero-order valence-electron chi connectivity index (χ0n) is 11.4. The predicted molar refractivity (Wildman–Crippen MR) is 81.0 cm³/mol. The van der Waals surface area contributed by atoms with E-state index >= 15 is 0 Å². The Morgan fingerprint density at radius 1 is 1.38 bits per heavy atom. The van der Waals surface area contributed by atoms with E-state index in [0.29, 0.717) is 22.7 Å². The van der Waals surface area contributed by atoms with Crippen LogP contribution in [0.4, 0.5) is 5.69 Å². The molecule has 0 fully saturated rings. The van der Waals surface area contributed by atoms with Crippen LogP contribution in [-0.2, 0) is 0 Å². The van der Waals surface area contributed by atoms with Crippen LogP contribution in [-0.4, -0.2) is 24.5 Å².